The van der Waals surface area contributed by atoms with E-state index in [9.17, 15) is 4.79 Å². The van der Waals surface area contributed by atoms with Crippen LogP contribution in [-0.4, -0.2) is 18.5 Å². The molecule has 0 radical (unpaired) electrons. The van der Waals surface area contributed by atoms with Crippen molar-refractivity contribution < 1.29 is 4.79 Å². The fraction of sp³-hybridized carbons (Fsp3) is 0.933. The minimum atomic E-state index is 0.186. The molecule has 0 bridgehead atoms. The smallest absolute Gasteiger partial charge is 0.220 e. The van der Waals surface area contributed by atoms with Crippen LogP contribution >= 0.6 is 0 Å². The van der Waals surface area contributed by atoms with E-state index < -0.39 is 0 Å². The molecule has 0 spiro atoms. The zero-order chi connectivity index (χ0) is 13.5. The normalized spacial score (nSPS) is 20.1. The number of nitrogens with two attached hydrogens (primary N) is 1. The van der Waals surface area contributed by atoms with Gasteiger partial charge in [-0.1, -0.05) is 26.7 Å². The highest BCUT2D eigenvalue weighted by Gasteiger charge is 2.23. The average molecular weight is 254 g/mol. The number of hydrogen-bond acceptors (Lipinski definition) is 2. The maximum absolute atomic E-state index is 12.0. The van der Waals surface area contributed by atoms with Crippen molar-refractivity contribution in [1.29, 1.82) is 0 Å². The van der Waals surface area contributed by atoms with E-state index in [1.165, 1.54) is 25.7 Å². The molecule has 0 unspecified atom stereocenters. The molecule has 3 N–H and O–H groups in total. The molecule has 3 heteroatoms. The van der Waals surface area contributed by atoms with Crippen LogP contribution in [0.1, 0.15) is 59.3 Å². The van der Waals surface area contributed by atoms with Crippen molar-refractivity contribution in [3.05, 3.63) is 0 Å². The van der Waals surface area contributed by atoms with Gasteiger partial charge in [-0.25, -0.2) is 0 Å². The van der Waals surface area contributed by atoms with Gasteiger partial charge in [-0.15, -0.1) is 0 Å². The van der Waals surface area contributed by atoms with E-state index in [4.69, 9.17) is 5.73 Å². The summed E-state index contributed by atoms with van der Waals surface area (Å²) >= 11 is 0. The molecule has 1 amide bonds. The third-order valence-electron chi connectivity index (χ3n) is 4.11. The highest BCUT2D eigenvalue weighted by molar-refractivity contribution is 5.76. The van der Waals surface area contributed by atoms with Crippen molar-refractivity contribution in [2.45, 2.75) is 65.3 Å². The number of amides is 1. The van der Waals surface area contributed by atoms with Gasteiger partial charge in [-0.3, -0.25) is 4.79 Å². The zero-order valence-electron chi connectivity index (χ0n) is 12.2. The van der Waals surface area contributed by atoms with E-state index in [1.54, 1.807) is 0 Å². The molecule has 1 saturated carbocycles. The van der Waals surface area contributed by atoms with Gasteiger partial charge in [0.25, 0.3) is 0 Å². The molecular formula is C15H30N2O. The standard InChI is InChI=1S/C15H30N2O/c1-11(2)8-13(10-16)9-15(18)17-12(3)14-6-4-5-7-14/h11-14H,4-10,16H2,1-3H3,(H,17,18)/t12-,13+/m1/s1. The Kier molecular flexibility index (Phi) is 6.69. The molecule has 0 heterocycles. The third kappa shape index (κ3) is 5.38. The lowest BCUT2D eigenvalue weighted by atomic mass is 9.93. The number of nitrogens with one attached hydrogen (secondary N) is 1. The van der Waals surface area contributed by atoms with Crippen molar-refractivity contribution in [1.82, 2.24) is 5.32 Å². The summed E-state index contributed by atoms with van der Waals surface area (Å²) in [6.07, 6.45) is 6.82. The second-order valence-corrected chi connectivity index (χ2v) is 6.34. The Morgan fingerprint density at radius 1 is 1.28 bits per heavy atom. The Balaban J connectivity index is 2.30. The van der Waals surface area contributed by atoms with Crippen molar-refractivity contribution in [3.8, 4) is 0 Å². The van der Waals surface area contributed by atoms with Crippen LogP contribution in [-0.2, 0) is 4.79 Å². The number of carbonyl (C=O) groups excluding carboxylic acids is 1. The van der Waals surface area contributed by atoms with Gasteiger partial charge >= 0.3 is 0 Å². The van der Waals surface area contributed by atoms with Crippen LogP contribution < -0.4 is 11.1 Å². The maximum atomic E-state index is 12.0. The summed E-state index contributed by atoms with van der Waals surface area (Å²) in [7, 11) is 0. The Labute approximate surface area is 112 Å². The predicted octanol–water partition coefficient (Wildman–Crippen LogP) is 2.69. The minimum Gasteiger partial charge on any atom is -0.353 e. The first-order valence-corrected chi connectivity index (χ1v) is 7.52. The third-order valence-corrected chi connectivity index (χ3v) is 4.11. The number of hydrogen-bond donors (Lipinski definition) is 2. The molecule has 0 aromatic heterocycles. The Morgan fingerprint density at radius 3 is 2.39 bits per heavy atom. The van der Waals surface area contributed by atoms with Gasteiger partial charge in [-0.2, -0.15) is 0 Å². The first-order valence-electron chi connectivity index (χ1n) is 7.52. The van der Waals surface area contributed by atoms with Gasteiger partial charge in [-0.05, 0) is 50.5 Å². The van der Waals surface area contributed by atoms with Crippen molar-refractivity contribution in [2.75, 3.05) is 6.54 Å². The Morgan fingerprint density at radius 2 is 1.89 bits per heavy atom. The summed E-state index contributed by atoms with van der Waals surface area (Å²) in [5, 5.41) is 3.17. The molecule has 1 rings (SSSR count). The van der Waals surface area contributed by atoms with Gasteiger partial charge in [0.15, 0.2) is 0 Å². The van der Waals surface area contributed by atoms with Crippen LogP contribution in [0, 0.1) is 17.8 Å². The summed E-state index contributed by atoms with van der Waals surface area (Å²) < 4.78 is 0. The van der Waals surface area contributed by atoms with E-state index in [1.807, 2.05) is 0 Å². The summed E-state index contributed by atoms with van der Waals surface area (Å²) in [6, 6.07) is 0.331. The van der Waals surface area contributed by atoms with E-state index in [-0.39, 0.29) is 5.91 Å². The maximum Gasteiger partial charge on any atom is 0.220 e. The van der Waals surface area contributed by atoms with Gasteiger partial charge in [0, 0.05) is 12.5 Å². The molecule has 2 atom stereocenters. The summed E-state index contributed by atoms with van der Waals surface area (Å²) in [5.41, 5.74) is 5.74. The van der Waals surface area contributed by atoms with Gasteiger partial charge in [0.1, 0.15) is 0 Å². The summed E-state index contributed by atoms with van der Waals surface area (Å²) in [5.74, 6) is 1.82. The zero-order valence-corrected chi connectivity index (χ0v) is 12.2. The van der Waals surface area contributed by atoms with Crippen molar-refractivity contribution in [2.24, 2.45) is 23.5 Å². The summed E-state index contributed by atoms with van der Waals surface area (Å²) in [6.45, 7) is 7.13. The van der Waals surface area contributed by atoms with Gasteiger partial charge in [0.05, 0.1) is 0 Å². The highest BCUT2D eigenvalue weighted by atomic mass is 16.1. The Bertz CT molecular complexity index is 241. The van der Waals surface area contributed by atoms with Crippen LogP contribution in [0.3, 0.4) is 0 Å². The molecule has 1 aliphatic carbocycles. The first kappa shape index (κ1) is 15.5. The monoisotopic (exact) mass is 254 g/mol. The average Bonchev–Trinajstić information content (AvgIpc) is 2.80. The molecule has 3 nitrogen and oxygen atoms in total. The Hall–Kier alpha value is -0.570. The fourth-order valence-electron chi connectivity index (χ4n) is 3.08. The molecule has 1 fully saturated rings. The second-order valence-electron chi connectivity index (χ2n) is 6.34. The van der Waals surface area contributed by atoms with Crippen LogP contribution in [0.5, 0.6) is 0 Å². The summed E-state index contributed by atoms with van der Waals surface area (Å²) in [4.78, 5) is 12.0. The van der Waals surface area contributed by atoms with Gasteiger partial charge < -0.3 is 11.1 Å². The van der Waals surface area contributed by atoms with Gasteiger partial charge in [0.2, 0.25) is 5.91 Å². The second kappa shape index (κ2) is 7.78. The molecular weight excluding hydrogens is 224 g/mol. The lowest BCUT2D eigenvalue weighted by Crippen LogP contribution is -2.38. The molecule has 0 aliphatic heterocycles. The largest absolute Gasteiger partial charge is 0.353 e. The van der Waals surface area contributed by atoms with Crippen molar-refractivity contribution >= 4 is 5.91 Å². The first-order chi connectivity index (χ1) is 8.52. The highest BCUT2D eigenvalue weighted by Crippen LogP contribution is 2.27. The predicted molar refractivity (Wildman–Crippen MR) is 76.2 cm³/mol. The lowest BCUT2D eigenvalue weighted by molar-refractivity contribution is -0.123. The number of rotatable bonds is 7. The topological polar surface area (TPSA) is 55.1 Å². The van der Waals surface area contributed by atoms with Crippen LogP contribution in [0.4, 0.5) is 0 Å². The van der Waals surface area contributed by atoms with E-state index in [0.29, 0.717) is 36.8 Å². The van der Waals surface area contributed by atoms with Crippen LogP contribution in [0.2, 0.25) is 0 Å². The van der Waals surface area contributed by atoms with Crippen molar-refractivity contribution in [3.63, 3.8) is 0 Å². The molecule has 0 aromatic rings. The fourth-order valence-corrected chi connectivity index (χ4v) is 3.08. The lowest BCUT2D eigenvalue weighted by Gasteiger charge is -2.22. The molecule has 106 valence electrons. The van der Waals surface area contributed by atoms with Crippen LogP contribution in [0.25, 0.3) is 0 Å². The molecule has 1 aliphatic rings. The quantitative estimate of drug-likeness (QED) is 0.734. The molecule has 18 heavy (non-hydrogen) atoms. The molecule has 0 saturated heterocycles. The van der Waals surface area contributed by atoms with E-state index in [2.05, 4.69) is 26.1 Å². The SMILES string of the molecule is CC(C)C[C@H](CN)CC(=O)N[C@H](C)C1CCCC1. The van der Waals surface area contributed by atoms with E-state index >= 15 is 0 Å². The van der Waals surface area contributed by atoms with Crippen LogP contribution in [0.15, 0.2) is 0 Å². The number of carbonyl (C=O) groups is 1. The van der Waals surface area contributed by atoms with E-state index in [0.717, 1.165) is 6.42 Å². The minimum absolute atomic E-state index is 0.186. The molecule has 0 aromatic carbocycles.